The summed E-state index contributed by atoms with van der Waals surface area (Å²) in [6.45, 7) is 0. The van der Waals surface area contributed by atoms with Crippen LogP contribution in [0.15, 0.2) is 0 Å². The van der Waals surface area contributed by atoms with E-state index in [2.05, 4.69) is 12.6 Å². The maximum absolute atomic E-state index is 9.90. The molecule has 0 aliphatic rings. The Morgan fingerprint density at radius 2 is 1.80 bits per heavy atom. The molecule has 0 spiro atoms. The van der Waals surface area contributed by atoms with E-state index in [0.29, 0.717) is 12.2 Å². The molecule has 7 heteroatoms. The van der Waals surface area contributed by atoms with Crippen molar-refractivity contribution in [3.63, 3.8) is 0 Å². The summed E-state index contributed by atoms with van der Waals surface area (Å²) >= 11 is 4.44. The number of hydrogen-bond donors (Lipinski definition) is 1. The van der Waals surface area contributed by atoms with Crippen LogP contribution in [-0.4, -0.2) is 24.5 Å². The molecule has 0 heterocycles. The third kappa shape index (κ3) is 16.5. The van der Waals surface area contributed by atoms with Crippen LogP contribution in [0.1, 0.15) is 6.42 Å². The van der Waals surface area contributed by atoms with Crippen molar-refractivity contribution < 1.29 is 64.9 Å². The van der Waals surface area contributed by atoms with Gasteiger partial charge < -0.3 is 12.6 Å². The molecule has 10 heavy (non-hydrogen) atoms. The predicted octanol–water partition coefficient (Wildman–Crippen LogP) is -3.19. The van der Waals surface area contributed by atoms with Crippen LogP contribution in [0.2, 0.25) is 0 Å². The molecule has 0 rings (SSSR count). The summed E-state index contributed by atoms with van der Waals surface area (Å²) in [5, 5.41) is 0. The molecule has 0 aromatic rings. The summed E-state index contributed by atoms with van der Waals surface area (Å²) in [6.07, 6.45) is 0.355. The summed E-state index contributed by atoms with van der Waals surface area (Å²) in [5.74, 6) is 0.163. The van der Waals surface area contributed by atoms with E-state index in [9.17, 15) is 8.42 Å². The van der Waals surface area contributed by atoms with Crippen LogP contribution < -0.4 is 29.6 Å². The van der Waals surface area contributed by atoms with Gasteiger partial charge in [0.15, 0.2) is 0 Å². The molecule has 0 saturated carbocycles. The molecule has 0 aromatic heterocycles. The second-order valence-electron chi connectivity index (χ2n) is 1.34. The maximum Gasteiger partial charge on any atom is 1.00 e. The summed E-state index contributed by atoms with van der Waals surface area (Å²) in [7, 11) is -3.75. The van der Waals surface area contributed by atoms with Crippen molar-refractivity contribution in [2.45, 2.75) is 6.42 Å². The summed E-state index contributed by atoms with van der Waals surface area (Å²) in [6, 6.07) is 0. The van der Waals surface area contributed by atoms with Gasteiger partial charge in [0.1, 0.15) is 0 Å². The van der Waals surface area contributed by atoms with Crippen LogP contribution in [0.25, 0.3) is 0 Å². The van der Waals surface area contributed by atoms with E-state index >= 15 is 0 Å². The van der Waals surface area contributed by atoms with Crippen LogP contribution in [0.3, 0.4) is 0 Å². The summed E-state index contributed by atoms with van der Waals surface area (Å²) in [5.41, 5.74) is 0. The molecule has 0 aliphatic heterocycles. The Hall–Kier alpha value is 2.00. The molecule has 0 fully saturated rings. The number of hydrogen-bond acceptors (Lipinski definition) is 3. The van der Waals surface area contributed by atoms with E-state index in [1.54, 1.807) is 0 Å². The van der Waals surface area contributed by atoms with E-state index < -0.39 is 10.1 Å². The zero-order valence-electron chi connectivity index (χ0n) is 5.50. The zero-order valence-corrected chi connectivity index (χ0v) is 11.3. The first kappa shape index (κ1) is 17.9. The maximum atomic E-state index is 9.90. The van der Waals surface area contributed by atoms with Gasteiger partial charge in [-0.15, -0.1) is 0 Å². The summed E-state index contributed by atoms with van der Waals surface area (Å²) in [4.78, 5) is 0. The van der Waals surface area contributed by atoms with Gasteiger partial charge in [-0.3, -0.25) is 4.55 Å². The molecule has 0 unspecified atom stereocenters. The first-order valence-electron chi connectivity index (χ1n) is 2.09. The van der Waals surface area contributed by atoms with Gasteiger partial charge in [0, 0.05) is 22.4 Å². The van der Waals surface area contributed by atoms with E-state index in [0.717, 1.165) is 0 Å². The Morgan fingerprint density at radius 1 is 1.40 bits per heavy atom. The zero-order chi connectivity index (χ0) is 6.62. The molecule has 0 aromatic carbocycles. The van der Waals surface area contributed by atoms with Crippen LogP contribution in [0.5, 0.6) is 0 Å². The van der Waals surface area contributed by atoms with Gasteiger partial charge in [-0.05, 0) is 0 Å². The molecule has 0 bridgehead atoms. The van der Waals surface area contributed by atoms with Crippen molar-refractivity contribution in [3.8, 4) is 0 Å². The normalized spacial score (nSPS) is 9.40. The van der Waals surface area contributed by atoms with E-state index in [4.69, 9.17) is 4.55 Å². The van der Waals surface area contributed by atoms with E-state index in [-0.39, 0.29) is 57.7 Å². The average molecular weight is 375 g/mol. The van der Waals surface area contributed by atoms with Crippen LogP contribution >= 0.6 is 0 Å². The van der Waals surface area contributed by atoms with Crippen molar-refractivity contribution in [2.75, 3.05) is 11.5 Å². The van der Waals surface area contributed by atoms with Crippen molar-refractivity contribution in [2.24, 2.45) is 0 Å². The van der Waals surface area contributed by atoms with Crippen molar-refractivity contribution in [1.29, 1.82) is 0 Å². The first-order chi connectivity index (χ1) is 3.56. The minimum Gasteiger partial charge on any atom is -0.793 e. The molecular formula is C3H7AuNaO3S2. The van der Waals surface area contributed by atoms with Gasteiger partial charge in [0.25, 0.3) is 10.1 Å². The molecule has 0 atom stereocenters. The Morgan fingerprint density at radius 3 is 1.90 bits per heavy atom. The minimum atomic E-state index is -3.75. The third-order valence-electron chi connectivity index (χ3n) is 0.547. The van der Waals surface area contributed by atoms with Gasteiger partial charge in [-0.25, -0.2) is 0 Å². The smallest absolute Gasteiger partial charge is 0.793 e. The molecule has 0 amide bonds. The van der Waals surface area contributed by atoms with Gasteiger partial charge in [0.05, 0.1) is 5.75 Å². The first-order valence-corrected chi connectivity index (χ1v) is 4.28. The Bertz CT molecular complexity index is 146. The SMILES string of the molecule is O=S(=O)(O)CCC[S-].[Au].[Na+]. The fraction of sp³-hybridized carbons (Fsp3) is 1.00. The molecule has 1 N–H and O–H groups in total. The minimum absolute atomic E-state index is 0. The van der Waals surface area contributed by atoms with Crippen molar-refractivity contribution >= 4 is 22.7 Å². The second kappa shape index (κ2) is 9.09. The summed E-state index contributed by atoms with van der Waals surface area (Å²) < 4.78 is 27.9. The van der Waals surface area contributed by atoms with Gasteiger partial charge >= 0.3 is 29.6 Å². The van der Waals surface area contributed by atoms with Gasteiger partial charge in [0.2, 0.25) is 0 Å². The quantitative estimate of drug-likeness (QED) is 0.321. The fourth-order valence-corrected chi connectivity index (χ4v) is 1.08. The Kier molecular flexibility index (Phi) is 16.3. The largest absolute Gasteiger partial charge is 1.00 e. The molecule has 1 radical (unpaired) electrons. The standard InChI is InChI=1S/C3H8O3S2.Au.Na/c4-8(5,6)3-1-2-7;;/h7H,1-3H2,(H,4,5,6);;/q;;+1/p-1. The van der Waals surface area contributed by atoms with Crippen LogP contribution in [0.4, 0.5) is 0 Å². The molecule has 0 aliphatic carbocycles. The monoisotopic (exact) mass is 375 g/mol. The topological polar surface area (TPSA) is 54.4 Å². The third-order valence-corrected chi connectivity index (χ3v) is 1.64. The number of rotatable bonds is 3. The Balaban J connectivity index is -0.000000245. The molecule has 61 valence electrons. The Labute approximate surface area is 104 Å². The van der Waals surface area contributed by atoms with Crippen LogP contribution in [-0.2, 0) is 45.1 Å². The molecule has 0 saturated heterocycles. The molecule has 3 nitrogen and oxygen atoms in total. The molecular weight excluding hydrogens is 368 g/mol. The van der Waals surface area contributed by atoms with Gasteiger partial charge in [-0.1, -0.05) is 6.42 Å². The average Bonchev–Trinajstić information content (AvgIpc) is 1.59. The van der Waals surface area contributed by atoms with Crippen molar-refractivity contribution in [1.82, 2.24) is 0 Å². The van der Waals surface area contributed by atoms with E-state index in [1.165, 1.54) is 0 Å². The fourth-order valence-electron chi connectivity index (χ4n) is 0.241. The van der Waals surface area contributed by atoms with Crippen LogP contribution in [0, 0.1) is 0 Å². The van der Waals surface area contributed by atoms with E-state index in [1.807, 2.05) is 0 Å². The second-order valence-corrected chi connectivity index (χ2v) is 3.32. The predicted molar refractivity (Wildman–Crippen MR) is 33.3 cm³/mol. The van der Waals surface area contributed by atoms with Crippen molar-refractivity contribution in [3.05, 3.63) is 0 Å². The van der Waals surface area contributed by atoms with Gasteiger partial charge in [-0.2, -0.15) is 14.2 Å².